The van der Waals surface area contributed by atoms with E-state index in [9.17, 15) is 4.79 Å². The summed E-state index contributed by atoms with van der Waals surface area (Å²) in [5.41, 5.74) is 0. The first-order chi connectivity index (χ1) is 11.8. The van der Waals surface area contributed by atoms with Crippen LogP contribution in [0, 0.1) is 0 Å². The number of esters is 1. The zero-order chi connectivity index (χ0) is 17.7. The predicted octanol–water partition coefficient (Wildman–Crippen LogP) is 2.75. The van der Waals surface area contributed by atoms with Gasteiger partial charge in [0.15, 0.2) is 0 Å². The minimum absolute atomic E-state index is 0.229. The second kappa shape index (κ2) is 20.1. The SMILES string of the molecule is C=CC(=O)OCCOCCOCCOCCOCCCCCCC. The van der Waals surface area contributed by atoms with Crippen molar-refractivity contribution >= 4 is 5.97 Å². The van der Waals surface area contributed by atoms with E-state index in [1.54, 1.807) is 0 Å². The summed E-state index contributed by atoms with van der Waals surface area (Å²) in [7, 11) is 0. The minimum atomic E-state index is -0.438. The average Bonchev–Trinajstić information content (AvgIpc) is 2.60. The standard InChI is InChI=1S/C18H34O6/c1-3-5-6-7-8-9-20-10-11-21-12-13-22-14-15-23-16-17-24-18(19)4-2/h4H,2-3,5-17H2,1H3. The van der Waals surface area contributed by atoms with Gasteiger partial charge < -0.3 is 23.7 Å². The van der Waals surface area contributed by atoms with E-state index >= 15 is 0 Å². The quantitative estimate of drug-likeness (QED) is 0.204. The molecule has 0 aliphatic heterocycles. The third-order valence-electron chi connectivity index (χ3n) is 3.15. The van der Waals surface area contributed by atoms with Crippen molar-refractivity contribution in [2.75, 3.05) is 59.5 Å². The molecule has 0 aliphatic carbocycles. The van der Waals surface area contributed by atoms with Crippen LogP contribution in [0.5, 0.6) is 0 Å². The van der Waals surface area contributed by atoms with Crippen molar-refractivity contribution in [3.8, 4) is 0 Å². The van der Waals surface area contributed by atoms with Crippen LogP contribution in [0.3, 0.4) is 0 Å². The molecule has 6 nitrogen and oxygen atoms in total. The Morgan fingerprint density at radius 2 is 1.17 bits per heavy atom. The summed E-state index contributed by atoms with van der Waals surface area (Å²) in [6, 6.07) is 0. The topological polar surface area (TPSA) is 63.2 Å². The molecular weight excluding hydrogens is 312 g/mol. The van der Waals surface area contributed by atoms with Crippen molar-refractivity contribution in [1.82, 2.24) is 0 Å². The first kappa shape index (κ1) is 23.1. The van der Waals surface area contributed by atoms with Crippen LogP contribution in [0.25, 0.3) is 0 Å². The Labute approximate surface area is 146 Å². The first-order valence-electron chi connectivity index (χ1n) is 8.91. The number of carbonyl (C=O) groups excluding carboxylic acids is 1. The number of hydrogen-bond donors (Lipinski definition) is 0. The maximum absolute atomic E-state index is 10.7. The van der Waals surface area contributed by atoms with Gasteiger partial charge in [-0.2, -0.15) is 0 Å². The molecular formula is C18H34O6. The van der Waals surface area contributed by atoms with Gasteiger partial charge in [0, 0.05) is 12.7 Å². The second-order valence-electron chi connectivity index (χ2n) is 5.24. The summed E-state index contributed by atoms with van der Waals surface area (Å²) in [5, 5.41) is 0. The fourth-order valence-corrected chi connectivity index (χ4v) is 1.83. The van der Waals surface area contributed by atoms with Crippen LogP contribution in [0.15, 0.2) is 12.7 Å². The molecule has 0 amide bonds. The van der Waals surface area contributed by atoms with Crippen LogP contribution in [-0.2, 0) is 28.5 Å². The Bertz CT molecular complexity index is 283. The number of unbranched alkanes of at least 4 members (excludes halogenated alkanes) is 4. The van der Waals surface area contributed by atoms with Crippen molar-refractivity contribution in [2.24, 2.45) is 0 Å². The molecule has 0 saturated carbocycles. The van der Waals surface area contributed by atoms with Crippen molar-refractivity contribution < 1.29 is 28.5 Å². The zero-order valence-corrected chi connectivity index (χ0v) is 15.1. The van der Waals surface area contributed by atoms with Gasteiger partial charge in [0.1, 0.15) is 6.61 Å². The van der Waals surface area contributed by atoms with Crippen LogP contribution in [0.1, 0.15) is 39.0 Å². The third-order valence-corrected chi connectivity index (χ3v) is 3.15. The van der Waals surface area contributed by atoms with Gasteiger partial charge in [-0.3, -0.25) is 0 Å². The second-order valence-corrected chi connectivity index (χ2v) is 5.24. The zero-order valence-electron chi connectivity index (χ0n) is 15.1. The molecule has 0 fully saturated rings. The Morgan fingerprint density at radius 3 is 1.67 bits per heavy atom. The Kier molecular flexibility index (Phi) is 19.3. The van der Waals surface area contributed by atoms with Gasteiger partial charge in [-0.15, -0.1) is 0 Å². The largest absolute Gasteiger partial charge is 0.460 e. The van der Waals surface area contributed by atoms with E-state index < -0.39 is 5.97 Å². The van der Waals surface area contributed by atoms with Crippen molar-refractivity contribution in [2.45, 2.75) is 39.0 Å². The molecule has 0 rings (SSSR count). The number of hydrogen-bond acceptors (Lipinski definition) is 6. The fraction of sp³-hybridized carbons (Fsp3) is 0.833. The van der Waals surface area contributed by atoms with E-state index in [0.717, 1.165) is 19.1 Å². The molecule has 0 saturated heterocycles. The molecule has 0 bridgehead atoms. The molecule has 142 valence electrons. The molecule has 0 atom stereocenters. The average molecular weight is 346 g/mol. The summed E-state index contributed by atoms with van der Waals surface area (Å²) in [6.07, 6.45) is 7.40. The van der Waals surface area contributed by atoms with Crippen molar-refractivity contribution in [1.29, 1.82) is 0 Å². The van der Waals surface area contributed by atoms with Gasteiger partial charge in [0.25, 0.3) is 0 Å². The van der Waals surface area contributed by atoms with E-state index in [-0.39, 0.29) is 6.61 Å². The lowest BCUT2D eigenvalue weighted by Crippen LogP contribution is -2.14. The molecule has 0 N–H and O–H groups in total. The van der Waals surface area contributed by atoms with E-state index in [1.807, 2.05) is 0 Å². The molecule has 0 aromatic heterocycles. The van der Waals surface area contributed by atoms with Crippen molar-refractivity contribution in [3.05, 3.63) is 12.7 Å². The monoisotopic (exact) mass is 346 g/mol. The van der Waals surface area contributed by atoms with E-state index in [0.29, 0.717) is 46.2 Å². The predicted molar refractivity (Wildman–Crippen MR) is 93.2 cm³/mol. The lowest BCUT2D eigenvalue weighted by molar-refractivity contribution is -0.139. The highest BCUT2D eigenvalue weighted by molar-refractivity contribution is 5.81. The fourth-order valence-electron chi connectivity index (χ4n) is 1.83. The Hall–Kier alpha value is -0.950. The number of ether oxygens (including phenoxy) is 5. The molecule has 24 heavy (non-hydrogen) atoms. The summed E-state index contributed by atoms with van der Waals surface area (Å²) < 4.78 is 26.2. The van der Waals surface area contributed by atoms with Gasteiger partial charge in [-0.1, -0.05) is 39.2 Å². The van der Waals surface area contributed by atoms with E-state index in [2.05, 4.69) is 13.5 Å². The molecule has 0 radical (unpaired) electrons. The number of carbonyl (C=O) groups is 1. The lowest BCUT2D eigenvalue weighted by Gasteiger charge is -2.07. The summed E-state index contributed by atoms with van der Waals surface area (Å²) in [6.45, 7) is 10.2. The van der Waals surface area contributed by atoms with Crippen LogP contribution in [0.2, 0.25) is 0 Å². The van der Waals surface area contributed by atoms with Crippen molar-refractivity contribution in [3.63, 3.8) is 0 Å². The van der Waals surface area contributed by atoms with Gasteiger partial charge in [-0.25, -0.2) is 4.79 Å². The molecule has 0 spiro atoms. The minimum Gasteiger partial charge on any atom is -0.460 e. The summed E-state index contributed by atoms with van der Waals surface area (Å²) in [5.74, 6) is -0.438. The third kappa shape index (κ3) is 19.1. The first-order valence-corrected chi connectivity index (χ1v) is 8.91. The van der Waals surface area contributed by atoms with Gasteiger partial charge in [-0.05, 0) is 6.42 Å². The molecule has 0 unspecified atom stereocenters. The van der Waals surface area contributed by atoms with Gasteiger partial charge in [0.2, 0.25) is 0 Å². The maximum atomic E-state index is 10.7. The molecule has 0 aromatic rings. The highest BCUT2D eigenvalue weighted by Crippen LogP contribution is 2.02. The van der Waals surface area contributed by atoms with Gasteiger partial charge in [0.05, 0.1) is 46.2 Å². The van der Waals surface area contributed by atoms with Crippen LogP contribution in [-0.4, -0.2) is 65.4 Å². The Balaban J connectivity index is 3.00. The Morgan fingerprint density at radius 1 is 0.708 bits per heavy atom. The number of rotatable bonds is 19. The molecule has 0 aliphatic rings. The normalized spacial score (nSPS) is 10.7. The van der Waals surface area contributed by atoms with E-state index in [4.69, 9.17) is 23.7 Å². The smallest absolute Gasteiger partial charge is 0.330 e. The van der Waals surface area contributed by atoms with E-state index in [1.165, 1.54) is 25.7 Å². The summed E-state index contributed by atoms with van der Waals surface area (Å²) in [4.78, 5) is 10.7. The summed E-state index contributed by atoms with van der Waals surface area (Å²) >= 11 is 0. The molecule has 0 aromatic carbocycles. The lowest BCUT2D eigenvalue weighted by atomic mass is 10.2. The highest BCUT2D eigenvalue weighted by Gasteiger charge is 1.96. The molecule has 0 heterocycles. The maximum Gasteiger partial charge on any atom is 0.330 e. The van der Waals surface area contributed by atoms with Crippen LogP contribution < -0.4 is 0 Å². The van der Waals surface area contributed by atoms with Crippen LogP contribution in [0.4, 0.5) is 0 Å². The highest BCUT2D eigenvalue weighted by atomic mass is 16.6. The van der Waals surface area contributed by atoms with Crippen LogP contribution >= 0.6 is 0 Å². The van der Waals surface area contributed by atoms with Gasteiger partial charge >= 0.3 is 5.97 Å². The molecule has 6 heteroatoms.